The highest BCUT2D eigenvalue weighted by molar-refractivity contribution is 7.37. The number of rotatable bonds is 6. The maximum atomic E-state index is 9.15. The summed E-state index contributed by atoms with van der Waals surface area (Å²) in [5.74, 6) is 0.944. The Morgan fingerprint density at radius 1 is 0.689 bits per heavy atom. The Labute approximate surface area is 281 Å². The standard InChI is InChI=1S/C31H16N6O2S6/c1-31(2)23-27-17(9-15(40-27)25-13(38-5)7-21(44-25)36-19(11-32)34-3)42-29(23)30-24(31)28-18(43-30)10-16(41-28)26-14(39-6)8-22(45-26)37-20(12-33)35-4/h7-10H,1-2,5-6H3. The number of fused-ring (bicyclic) bond motifs is 7. The van der Waals surface area contributed by atoms with E-state index in [4.69, 9.17) is 33.1 Å². The third-order valence-electron chi connectivity index (χ3n) is 7.29. The third-order valence-corrected chi connectivity index (χ3v) is 14.7. The Morgan fingerprint density at radius 2 is 1.11 bits per heavy atom. The van der Waals surface area contributed by atoms with Gasteiger partial charge in [0.15, 0.2) is 0 Å². The molecule has 0 aliphatic heterocycles. The van der Waals surface area contributed by atoms with Crippen LogP contribution < -0.4 is 9.47 Å². The smallest absolute Gasteiger partial charge is 0.350 e. The van der Waals surface area contributed by atoms with Crippen molar-refractivity contribution in [2.24, 2.45) is 9.98 Å². The lowest BCUT2D eigenvalue weighted by Gasteiger charge is -2.20. The summed E-state index contributed by atoms with van der Waals surface area (Å²) in [5.41, 5.74) is 2.47. The molecule has 7 rings (SSSR count). The van der Waals surface area contributed by atoms with Crippen molar-refractivity contribution in [2.75, 3.05) is 14.2 Å². The highest BCUT2D eigenvalue weighted by Crippen LogP contribution is 2.64. The molecule has 0 saturated heterocycles. The van der Waals surface area contributed by atoms with E-state index in [0.717, 1.165) is 19.5 Å². The molecule has 1 aliphatic rings. The van der Waals surface area contributed by atoms with Crippen LogP contribution in [-0.2, 0) is 5.41 Å². The zero-order chi connectivity index (χ0) is 31.6. The molecule has 45 heavy (non-hydrogen) atoms. The molecule has 0 spiro atoms. The van der Waals surface area contributed by atoms with Crippen LogP contribution in [0.25, 0.3) is 57.8 Å². The van der Waals surface area contributed by atoms with Crippen LogP contribution >= 0.6 is 68.0 Å². The lowest BCUT2D eigenvalue weighted by Crippen LogP contribution is -2.14. The summed E-state index contributed by atoms with van der Waals surface area (Å²) in [6.45, 7) is 18.9. The van der Waals surface area contributed by atoms with Crippen molar-refractivity contribution in [1.82, 2.24) is 0 Å². The number of nitrogens with zero attached hydrogens (tertiary/aromatic N) is 6. The van der Waals surface area contributed by atoms with Crippen molar-refractivity contribution in [3.05, 3.63) is 58.2 Å². The van der Waals surface area contributed by atoms with Gasteiger partial charge in [0.2, 0.25) is 10.0 Å². The van der Waals surface area contributed by atoms with Gasteiger partial charge in [-0.2, -0.15) is 0 Å². The molecule has 6 aromatic heterocycles. The predicted octanol–water partition coefficient (Wildman–Crippen LogP) is 11.0. The van der Waals surface area contributed by atoms with Crippen molar-refractivity contribution in [3.8, 4) is 52.9 Å². The van der Waals surface area contributed by atoms with Crippen LogP contribution in [0.4, 0.5) is 10.0 Å². The first kappa shape index (κ1) is 29.3. The number of methoxy groups -OCH3 is 2. The van der Waals surface area contributed by atoms with Gasteiger partial charge in [0, 0.05) is 26.9 Å². The quantitative estimate of drug-likeness (QED) is 0.0983. The summed E-state index contributed by atoms with van der Waals surface area (Å²) >= 11 is 9.95. The van der Waals surface area contributed by atoms with Crippen LogP contribution in [0.5, 0.6) is 11.5 Å². The molecule has 1 aliphatic carbocycles. The van der Waals surface area contributed by atoms with E-state index in [0.29, 0.717) is 21.5 Å². The van der Waals surface area contributed by atoms with Crippen LogP contribution in [0.15, 0.2) is 34.3 Å². The average Bonchev–Trinajstić information content (AvgIpc) is 3.86. The topological polar surface area (TPSA) is 99.5 Å². The Bertz CT molecular complexity index is 2250. The number of nitriles is 2. The number of thiophene rings is 6. The Hall–Kier alpha value is -4.38. The van der Waals surface area contributed by atoms with Crippen molar-refractivity contribution < 1.29 is 9.47 Å². The zero-order valence-electron chi connectivity index (χ0n) is 23.8. The van der Waals surface area contributed by atoms with E-state index in [1.165, 1.54) is 62.4 Å². The van der Waals surface area contributed by atoms with Gasteiger partial charge < -0.3 is 19.2 Å². The highest BCUT2D eigenvalue weighted by Gasteiger charge is 2.43. The number of hydrogen-bond donors (Lipinski definition) is 0. The molecular formula is C31H16N6O2S6. The molecule has 0 fully saturated rings. The lowest BCUT2D eigenvalue weighted by atomic mass is 9.84. The first-order valence-electron chi connectivity index (χ1n) is 13.0. The van der Waals surface area contributed by atoms with Gasteiger partial charge in [-0.05, 0) is 23.3 Å². The summed E-state index contributed by atoms with van der Waals surface area (Å²) in [6, 6.07) is 11.6. The van der Waals surface area contributed by atoms with Gasteiger partial charge in [0.05, 0.1) is 52.9 Å². The molecule has 218 valence electrons. The molecule has 0 amide bonds. The van der Waals surface area contributed by atoms with Crippen LogP contribution in [0, 0.1) is 35.8 Å². The number of aliphatic imine (C=N–C) groups is 2. The second-order valence-corrected chi connectivity index (χ2v) is 16.4. The van der Waals surface area contributed by atoms with E-state index in [1.807, 2.05) is 34.8 Å². The summed E-state index contributed by atoms with van der Waals surface area (Å²) in [4.78, 5) is 21.4. The van der Waals surface area contributed by atoms with E-state index in [2.05, 4.69) is 45.7 Å². The van der Waals surface area contributed by atoms with Gasteiger partial charge in [-0.3, -0.25) is 0 Å². The minimum Gasteiger partial charge on any atom is -0.495 e. The first-order chi connectivity index (χ1) is 21.7. The van der Waals surface area contributed by atoms with Gasteiger partial charge in [-0.1, -0.05) is 59.7 Å². The Kier molecular flexibility index (Phi) is 7.11. The molecule has 0 saturated carbocycles. The molecule has 8 nitrogen and oxygen atoms in total. The molecule has 0 bridgehead atoms. The summed E-state index contributed by atoms with van der Waals surface area (Å²) in [6.07, 6.45) is 0. The largest absolute Gasteiger partial charge is 0.495 e. The highest BCUT2D eigenvalue weighted by atomic mass is 32.1. The van der Waals surface area contributed by atoms with Gasteiger partial charge in [-0.25, -0.2) is 10.5 Å². The monoisotopic (exact) mass is 696 g/mol. The van der Waals surface area contributed by atoms with Gasteiger partial charge in [0.25, 0.3) is 0 Å². The Morgan fingerprint density at radius 3 is 1.47 bits per heavy atom. The summed E-state index contributed by atoms with van der Waals surface area (Å²) < 4.78 is 16.3. The fourth-order valence-corrected chi connectivity index (χ4v) is 13.7. The van der Waals surface area contributed by atoms with Crippen LogP contribution in [0.2, 0.25) is 0 Å². The third kappa shape index (κ3) is 4.50. The minimum atomic E-state index is -0.218. The predicted molar refractivity (Wildman–Crippen MR) is 189 cm³/mol. The van der Waals surface area contributed by atoms with E-state index < -0.39 is 0 Å². The molecule has 0 atom stereocenters. The Balaban J connectivity index is 1.30. The van der Waals surface area contributed by atoms with Crippen molar-refractivity contribution in [3.63, 3.8) is 0 Å². The van der Waals surface area contributed by atoms with Gasteiger partial charge in [0.1, 0.15) is 23.6 Å². The molecule has 0 unspecified atom stereocenters. The number of amidine groups is 2. The van der Waals surface area contributed by atoms with Crippen LogP contribution in [0.1, 0.15) is 25.0 Å². The van der Waals surface area contributed by atoms with E-state index in [1.54, 1.807) is 49.0 Å². The molecule has 14 heteroatoms. The van der Waals surface area contributed by atoms with Crippen LogP contribution in [0.3, 0.4) is 0 Å². The molecule has 6 heterocycles. The summed E-state index contributed by atoms with van der Waals surface area (Å²) in [7, 11) is 3.23. The van der Waals surface area contributed by atoms with Crippen molar-refractivity contribution >= 4 is 108 Å². The SMILES string of the molecule is [C-]#[N+]C(C#N)=Nc1cc(OC)c(-c2cc3sc4c(c3s2)C(C)(C)c2c-4sc3cc(-c4sc(N=C(C#N)[N+]#[C-])cc4OC)sc23)s1. The maximum absolute atomic E-state index is 9.15. The van der Waals surface area contributed by atoms with E-state index in [-0.39, 0.29) is 17.1 Å². The summed E-state index contributed by atoms with van der Waals surface area (Å²) in [5, 5.41) is 19.4. The molecule has 0 N–H and O–H groups in total. The fraction of sp³-hybridized carbons (Fsp3) is 0.161. The van der Waals surface area contributed by atoms with Gasteiger partial charge in [-0.15, -0.1) is 45.3 Å². The van der Waals surface area contributed by atoms with Gasteiger partial charge >= 0.3 is 11.7 Å². The molecule has 0 aromatic carbocycles. The van der Waals surface area contributed by atoms with Crippen LogP contribution in [-0.4, -0.2) is 25.9 Å². The molecule has 6 aromatic rings. The van der Waals surface area contributed by atoms with Crippen molar-refractivity contribution in [2.45, 2.75) is 19.3 Å². The molecule has 0 radical (unpaired) electrons. The fourth-order valence-electron chi connectivity index (χ4n) is 5.42. The zero-order valence-corrected chi connectivity index (χ0v) is 28.7. The molecular weight excluding hydrogens is 681 g/mol. The minimum absolute atomic E-state index is 0.203. The number of ether oxygens (including phenoxy) is 2. The second kappa shape index (κ2) is 10.9. The first-order valence-corrected chi connectivity index (χ1v) is 17.9. The lowest BCUT2D eigenvalue weighted by molar-refractivity contribution is 0.418. The average molecular weight is 697 g/mol. The maximum Gasteiger partial charge on any atom is 0.350 e. The number of hydrogen-bond acceptors (Lipinski definition) is 12. The van der Waals surface area contributed by atoms with E-state index in [9.17, 15) is 0 Å². The second-order valence-electron chi connectivity index (χ2n) is 10.1. The van der Waals surface area contributed by atoms with Crippen molar-refractivity contribution in [1.29, 1.82) is 10.5 Å². The van der Waals surface area contributed by atoms with E-state index >= 15 is 0 Å². The normalized spacial score (nSPS) is 13.7.